The number of hydrogen-bond donors (Lipinski definition) is 3. The topological polar surface area (TPSA) is 60.7 Å². The number of rotatable bonds is 5. The van der Waals surface area contributed by atoms with Gasteiger partial charge in [0.15, 0.2) is 11.5 Å². The van der Waals surface area contributed by atoms with Crippen LogP contribution in [0.25, 0.3) is 0 Å². The Hall–Kier alpha value is -1.48. The number of phenols is 2. The summed E-state index contributed by atoms with van der Waals surface area (Å²) in [4.78, 5) is 0. The Morgan fingerprint density at radius 3 is 2.53 bits per heavy atom. The van der Waals surface area contributed by atoms with E-state index in [1.165, 1.54) is 12.1 Å². The van der Waals surface area contributed by atoms with Gasteiger partial charge < -0.3 is 15.3 Å². The summed E-state index contributed by atoms with van der Waals surface area (Å²) in [6.45, 7) is 3.90. The predicted molar refractivity (Wildman–Crippen MR) is 68.1 cm³/mol. The molecule has 3 nitrogen and oxygen atoms in total. The van der Waals surface area contributed by atoms with Crippen molar-refractivity contribution in [2.75, 3.05) is 0 Å². The van der Waals surface area contributed by atoms with E-state index < -0.39 is 0 Å². The Morgan fingerprint density at radius 1 is 1.24 bits per heavy atom. The van der Waals surface area contributed by atoms with Crippen LogP contribution in [0.4, 0.5) is 0 Å². The molecule has 0 amide bonds. The van der Waals surface area contributed by atoms with E-state index in [9.17, 15) is 15.3 Å². The second-order valence-corrected chi connectivity index (χ2v) is 4.31. The molecule has 0 aromatic heterocycles. The first kappa shape index (κ1) is 13.6. The molecule has 17 heavy (non-hydrogen) atoms. The van der Waals surface area contributed by atoms with Crippen molar-refractivity contribution in [2.24, 2.45) is 5.92 Å². The predicted octanol–water partition coefficient (Wildman–Crippen LogP) is 2.60. The van der Waals surface area contributed by atoms with Crippen LogP contribution in [0.15, 0.2) is 30.4 Å². The Balaban J connectivity index is 2.52. The average molecular weight is 236 g/mol. The van der Waals surface area contributed by atoms with Gasteiger partial charge in [-0.3, -0.25) is 0 Å². The first-order chi connectivity index (χ1) is 8.04. The fraction of sp³-hybridized carbons (Fsp3) is 0.429. The SMILES string of the molecule is C/C=C/C(C)C(O)CCc1ccc(O)c(O)c1. The largest absolute Gasteiger partial charge is 0.504 e. The molecule has 0 saturated carbocycles. The van der Waals surface area contributed by atoms with Crippen molar-refractivity contribution in [2.45, 2.75) is 32.8 Å². The van der Waals surface area contributed by atoms with Gasteiger partial charge in [0.25, 0.3) is 0 Å². The third kappa shape index (κ3) is 4.11. The molecule has 3 N–H and O–H groups in total. The molecule has 0 spiro atoms. The number of aliphatic hydroxyl groups is 1. The number of aliphatic hydroxyl groups excluding tert-OH is 1. The second-order valence-electron chi connectivity index (χ2n) is 4.31. The van der Waals surface area contributed by atoms with Gasteiger partial charge in [0, 0.05) is 0 Å². The lowest BCUT2D eigenvalue weighted by Gasteiger charge is -2.15. The molecule has 2 unspecified atom stereocenters. The summed E-state index contributed by atoms with van der Waals surface area (Å²) in [6.07, 6.45) is 4.83. The van der Waals surface area contributed by atoms with Crippen molar-refractivity contribution in [3.05, 3.63) is 35.9 Å². The van der Waals surface area contributed by atoms with Gasteiger partial charge in [-0.1, -0.05) is 25.1 Å². The van der Waals surface area contributed by atoms with Crippen LogP contribution in [0.5, 0.6) is 11.5 Å². The van der Waals surface area contributed by atoms with Gasteiger partial charge in [0.2, 0.25) is 0 Å². The molecule has 1 rings (SSSR count). The third-order valence-electron chi connectivity index (χ3n) is 2.87. The van der Waals surface area contributed by atoms with Gasteiger partial charge in [-0.25, -0.2) is 0 Å². The highest BCUT2D eigenvalue weighted by molar-refractivity contribution is 5.40. The van der Waals surface area contributed by atoms with Crippen LogP contribution in [0, 0.1) is 5.92 Å². The minimum atomic E-state index is -0.387. The molecule has 0 aliphatic heterocycles. The molecule has 0 aliphatic carbocycles. The lowest BCUT2D eigenvalue weighted by Crippen LogP contribution is -2.16. The Kier molecular flexibility index (Phi) is 5.04. The fourth-order valence-corrected chi connectivity index (χ4v) is 1.73. The molecular weight excluding hydrogens is 216 g/mol. The highest BCUT2D eigenvalue weighted by Crippen LogP contribution is 2.25. The van der Waals surface area contributed by atoms with Crippen LogP contribution in [0.1, 0.15) is 25.8 Å². The Bertz CT molecular complexity index is 385. The lowest BCUT2D eigenvalue weighted by molar-refractivity contribution is 0.128. The average Bonchev–Trinajstić information content (AvgIpc) is 2.30. The Labute approximate surface area is 102 Å². The zero-order chi connectivity index (χ0) is 12.8. The number of phenolic OH excluding ortho intramolecular Hbond substituents is 2. The molecule has 3 heteroatoms. The second kappa shape index (κ2) is 6.30. The van der Waals surface area contributed by atoms with E-state index in [-0.39, 0.29) is 23.5 Å². The summed E-state index contributed by atoms with van der Waals surface area (Å²) in [5.41, 5.74) is 0.909. The molecular formula is C14H20O3. The van der Waals surface area contributed by atoms with Gasteiger partial charge in [0.05, 0.1) is 6.10 Å². The molecule has 1 aromatic rings. The van der Waals surface area contributed by atoms with E-state index in [0.29, 0.717) is 12.8 Å². The zero-order valence-corrected chi connectivity index (χ0v) is 10.3. The van der Waals surface area contributed by atoms with Gasteiger partial charge >= 0.3 is 0 Å². The van der Waals surface area contributed by atoms with Crippen molar-refractivity contribution >= 4 is 0 Å². The first-order valence-electron chi connectivity index (χ1n) is 5.86. The molecule has 0 heterocycles. The molecule has 2 atom stereocenters. The van der Waals surface area contributed by atoms with E-state index in [1.54, 1.807) is 6.07 Å². The number of aryl methyl sites for hydroxylation is 1. The maximum atomic E-state index is 9.87. The van der Waals surface area contributed by atoms with Crippen LogP contribution in [-0.2, 0) is 6.42 Å². The number of benzene rings is 1. The summed E-state index contributed by atoms with van der Waals surface area (Å²) in [5.74, 6) is -0.0965. The smallest absolute Gasteiger partial charge is 0.157 e. The molecule has 94 valence electrons. The molecule has 0 radical (unpaired) electrons. The molecule has 1 aromatic carbocycles. The first-order valence-corrected chi connectivity index (χ1v) is 5.86. The van der Waals surface area contributed by atoms with E-state index in [0.717, 1.165) is 5.56 Å². The fourth-order valence-electron chi connectivity index (χ4n) is 1.73. The summed E-state index contributed by atoms with van der Waals surface area (Å²) in [7, 11) is 0. The summed E-state index contributed by atoms with van der Waals surface area (Å²) in [5, 5.41) is 28.4. The van der Waals surface area contributed by atoms with Crippen LogP contribution < -0.4 is 0 Å². The van der Waals surface area contributed by atoms with Crippen molar-refractivity contribution in [1.82, 2.24) is 0 Å². The third-order valence-corrected chi connectivity index (χ3v) is 2.87. The molecule has 0 saturated heterocycles. The number of aromatic hydroxyl groups is 2. The van der Waals surface area contributed by atoms with Gasteiger partial charge in [-0.15, -0.1) is 0 Å². The highest BCUT2D eigenvalue weighted by Gasteiger charge is 2.11. The molecule has 0 bridgehead atoms. The zero-order valence-electron chi connectivity index (χ0n) is 10.3. The quantitative estimate of drug-likeness (QED) is 0.544. The van der Waals surface area contributed by atoms with E-state index >= 15 is 0 Å². The van der Waals surface area contributed by atoms with Gasteiger partial charge in [0.1, 0.15) is 0 Å². The standard InChI is InChI=1S/C14H20O3/c1-3-4-10(2)12(15)7-5-11-6-8-13(16)14(17)9-11/h3-4,6,8-10,12,15-17H,5,7H2,1-2H3/b4-3+. The monoisotopic (exact) mass is 236 g/mol. The lowest BCUT2D eigenvalue weighted by atomic mass is 9.97. The van der Waals surface area contributed by atoms with Crippen molar-refractivity contribution in [3.63, 3.8) is 0 Å². The van der Waals surface area contributed by atoms with Crippen molar-refractivity contribution in [1.29, 1.82) is 0 Å². The van der Waals surface area contributed by atoms with E-state index in [2.05, 4.69) is 0 Å². The minimum Gasteiger partial charge on any atom is -0.504 e. The maximum Gasteiger partial charge on any atom is 0.157 e. The van der Waals surface area contributed by atoms with E-state index in [4.69, 9.17) is 0 Å². The number of allylic oxidation sites excluding steroid dienone is 1. The highest BCUT2D eigenvalue weighted by atomic mass is 16.3. The van der Waals surface area contributed by atoms with Gasteiger partial charge in [-0.05, 0) is 43.4 Å². The van der Waals surface area contributed by atoms with Crippen LogP contribution in [0.3, 0.4) is 0 Å². The number of hydrogen-bond acceptors (Lipinski definition) is 3. The van der Waals surface area contributed by atoms with Gasteiger partial charge in [-0.2, -0.15) is 0 Å². The Morgan fingerprint density at radius 2 is 1.94 bits per heavy atom. The molecule has 0 aliphatic rings. The van der Waals surface area contributed by atoms with Crippen LogP contribution in [-0.4, -0.2) is 21.4 Å². The van der Waals surface area contributed by atoms with Crippen LogP contribution in [0.2, 0.25) is 0 Å². The molecule has 0 fully saturated rings. The van der Waals surface area contributed by atoms with Crippen LogP contribution >= 0.6 is 0 Å². The summed E-state index contributed by atoms with van der Waals surface area (Å²) < 4.78 is 0. The maximum absolute atomic E-state index is 9.87. The van der Waals surface area contributed by atoms with Crippen molar-refractivity contribution < 1.29 is 15.3 Å². The summed E-state index contributed by atoms with van der Waals surface area (Å²) in [6, 6.07) is 4.75. The summed E-state index contributed by atoms with van der Waals surface area (Å²) >= 11 is 0. The normalized spacial score (nSPS) is 15.0. The van der Waals surface area contributed by atoms with Crippen molar-refractivity contribution in [3.8, 4) is 11.5 Å². The minimum absolute atomic E-state index is 0.113. The van der Waals surface area contributed by atoms with E-state index in [1.807, 2.05) is 26.0 Å².